The van der Waals surface area contributed by atoms with Crippen molar-refractivity contribution in [3.05, 3.63) is 53.2 Å². The zero-order chi connectivity index (χ0) is 17.6. The molecule has 1 unspecified atom stereocenters. The molecule has 0 saturated carbocycles. The minimum absolute atomic E-state index is 0.168. The van der Waals surface area contributed by atoms with E-state index in [1.165, 1.54) is 12.8 Å². The number of pyridine rings is 1. The minimum atomic E-state index is -0.585. The van der Waals surface area contributed by atoms with Gasteiger partial charge in [0.25, 0.3) is 5.91 Å². The molecule has 1 N–H and O–H groups in total. The van der Waals surface area contributed by atoms with Crippen molar-refractivity contribution in [3.8, 4) is 5.75 Å². The number of rotatable bonds is 6. The summed E-state index contributed by atoms with van der Waals surface area (Å²) in [5.74, 6) is 1.45. The van der Waals surface area contributed by atoms with Crippen LogP contribution < -0.4 is 15.0 Å². The average molecular weight is 360 g/mol. The zero-order valence-corrected chi connectivity index (χ0v) is 15.0. The molecule has 1 saturated heterocycles. The molecular formula is C19H22ClN3O2. The fraction of sp³-hybridized carbons (Fsp3) is 0.368. The molecule has 0 radical (unpaired) electrons. The number of nitrogens with one attached hydrogen (secondary N) is 1. The molecule has 0 spiro atoms. The summed E-state index contributed by atoms with van der Waals surface area (Å²) in [7, 11) is 0. The van der Waals surface area contributed by atoms with Crippen LogP contribution in [0.4, 0.5) is 5.82 Å². The van der Waals surface area contributed by atoms with Gasteiger partial charge in [0.2, 0.25) is 0 Å². The lowest BCUT2D eigenvalue weighted by atomic mass is 10.2. The number of amides is 1. The fourth-order valence-corrected chi connectivity index (χ4v) is 2.88. The molecule has 1 fully saturated rings. The van der Waals surface area contributed by atoms with Gasteiger partial charge in [-0.25, -0.2) is 4.98 Å². The summed E-state index contributed by atoms with van der Waals surface area (Å²) >= 11 is 5.84. The van der Waals surface area contributed by atoms with E-state index in [2.05, 4.69) is 15.2 Å². The first-order chi connectivity index (χ1) is 12.1. The van der Waals surface area contributed by atoms with Crippen molar-refractivity contribution in [1.82, 2.24) is 10.3 Å². The van der Waals surface area contributed by atoms with Crippen LogP contribution in [0.2, 0.25) is 5.02 Å². The van der Waals surface area contributed by atoms with Crippen LogP contribution in [0.25, 0.3) is 0 Å². The van der Waals surface area contributed by atoms with E-state index >= 15 is 0 Å². The van der Waals surface area contributed by atoms with E-state index in [0.29, 0.717) is 17.3 Å². The second-order valence-electron chi connectivity index (χ2n) is 6.15. The molecule has 2 heterocycles. The topological polar surface area (TPSA) is 54.5 Å². The fourth-order valence-electron chi connectivity index (χ4n) is 2.76. The van der Waals surface area contributed by atoms with Crippen LogP contribution in [0.5, 0.6) is 5.75 Å². The van der Waals surface area contributed by atoms with E-state index in [-0.39, 0.29) is 5.91 Å². The van der Waals surface area contributed by atoms with Crippen molar-refractivity contribution in [2.24, 2.45) is 0 Å². The molecule has 0 aliphatic carbocycles. The van der Waals surface area contributed by atoms with Gasteiger partial charge in [-0.15, -0.1) is 0 Å². The van der Waals surface area contributed by atoms with Gasteiger partial charge in [0, 0.05) is 30.9 Å². The zero-order valence-electron chi connectivity index (χ0n) is 14.2. The summed E-state index contributed by atoms with van der Waals surface area (Å²) in [5.41, 5.74) is 0.968. The number of benzene rings is 1. The maximum atomic E-state index is 12.2. The van der Waals surface area contributed by atoms with Gasteiger partial charge >= 0.3 is 0 Å². The number of carbonyl (C=O) groups excluding carboxylic acids is 1. The first-order valence-corrected chi connectivity index (χ1v) is 8.89. The Balaban J connectivity index is 1.48. The van der Waals surface area contributed by atoms with Gasteiger partial charge in [-0.3, -0.25) is 4.79 Å². The number of ether oxygens (including phenoxy) is 1. The predicted octanol–water partition coefficient (Wildman–Crippen LogP) is 3.42. The molecule has 5 nitrogen and oxygen atoms in total. The third-order valence-electron chi connectivity index (χ3n) is 4.20. The highest BCUT2D eigenvalue weighted by Gasteiger charge is 2.15. The summed E-state index contributed by atoms with van der Waals surface area (Å²) in [6.07, 6.45) is 3.69. The molecule has 1 aromatic heterocycles. The molecule has 132 valence electrons. The summed E-state index contributed by atoms with van der Waals surface area (Å²) in [6, 6.07) is 11.0. The number of carbonyl (C=O) groups is 1. The first-order valence-electron chi connectivity index (χ1n) is 8.51. The minimum Gasteiger partial charge on any atom is -0.481 e. The van der Waals surface area contributed by atoms with Crippen LogP contribution in [0.15, 0.2) is 42.6 Å². The number of anilines is 1. The van der Waals surface area contributed by atoms with Gasteiger partial charge < -0.3 is 15.0 Å². The van der Waals surface area contributed by atoms with E-state index in [1.807, 2.05) is 18.3 Å². The molecule has 1 amide bonds. The van der Waals surface area contributed by atoms with Gasteiger partial charge in [-0.05, 0) is 55.7 Å². The molecule has 1 aliphatic rings. The van der Waals surface area contributed by atoms with Crippen LogP contribution in [0, 0.1) is 0 Å². The SMILES string of the molecule is CC(Oc1ccc(Cl)cc1)C(=O)NCc1ccc(N2CCCC2)nc1. The lowest BCUT2D eigenvalue weighted by Crippen LogP contribution is -2.35. The molecule has 3 rings (SSSR count). The average Bonchev–Trinajstić information content (AvgIpc) is 3.16. The number of hydrogen-bond donors (Lipinski definition) is 1. The highest BCUT2D eigenvalue weighted by atomic mass is 35.5. The molecule has 6 heteroatoms. The Bertz CT molecular complexity index is 698. The summed E-state index contributed by atoms with van der Waals surface area (Å²) in [5, 5.41) is 3.51. The normalized spacial score (nSPS) is 15.0. The molecule has 1 aliphatic heterocycles. The Morgan fingerprint density at radius 3 is 2.60 bits per heavy atom. The van der Waals surface area contributed by atoms with Crippen molar-refractivity contribution in [2.45, 2.75) is 32.4 Å². The van der Waals surface area contributed by atoms with Gasteiger partial charge in [-0.2, -0.15) is 0 Å². The molecule has 2 aromatic rings. The van der Waals surface area contributed by atoms with Crippen LogP contribution in [-0.4, -0.2) is 30.1 Å². The van der Waals surface area contributed by atoms with Crippen LogP contribution in [-0.2, 0) is 11.3 Å². The van der Waals surface area contributed by atoms with E-state index < -0.39 is 6.10 Å². The Morgan fingerprint density at radius 1 is 1.24 bits per heavy atom. The first kappa shape index (κ1) is 17.5. The van der Waals surface area contributed by atoms with Crippen molar-refractivity contribution in [2.75, 3.05) is 18.0 Å². The highest BCUT2D eigenvalue weighted by molar-refractivity contribution is 6.30. The molecule has 1 atom stereocenters. The molecule has 1 aromatic carbocycles. The predicted molar refractivity (Wildman–Crippen MR) is 99.1 cm³/mol. The summed E-state index contributed by atoms with van der Waals surface area (Å²) in [4.78, 5) is 18.9. The number of halogens is 1. The Labute approximate surface area is 153 Å². The highest BCUT2D eigenvalue weighted by Crippen LogP contribution is 2.18. The van der Waals surface area contributed by atoms with Crippen molar-refractivity contribution >= 4 is 23.3 Å². The van der Waals surface area contributed by atoms with Crippen molar-refractivity contribution in [1.29, 1.82) is 0 Å². The number of hydrogen-bond acceptors (Lipinski definition) is 4. The second kappa shape index (κ2) is 8.21. The van der Waals surface area contributed by atoms with Gasteiger partial charge in [-0.1, -0.05) is 17.7 Å². The van der Waals surface area contributed by atoms with Crippen molar-refractivity contribution < 1.29 is 9.53 Å². The number of aromatic nitrogens is 1. The molecule has 0 bridgehead atoms. The van der Waals surface area contributed by atoms with E-state index in [0.717, 1.165) is 24.5 Å². The Hall–Kier alpha value is -2.27. The van der Waals surface area contributed by atoms with E-state index in [1.54, 1.807) is 31.2 Å². The smallest absolute Gasteiger partial charge is 0.261 e. The van der Waals surface area contributed by atoms with E-state index in [9.17, 15) is 4.79 Å². The molecule has 25 heavy (non-hydrogen) atoms. The Morgan fingerprint density at radius 2 is 1.96 bits per heavy atom. The van der Waals surface area contributed by atoms with Crippen molar-refractivity contribution in [3.63, 3.8) is 0 Å². The van der Waals surface area contributed by atoms with Crippen LogP contribution >= 0.6 is 11.6 Å². The lowest BCUT2D eigenvalue weighted by molar-refractivity contribution is -0.127. The van der Waals surface area contributed by atoms with Gasteiger partial charge in [0.15, 0.2) is 6.10 Å². The number of nitrogens with zero attached hydrogens (tertiary/aromatic N) is 2. The van der Waals surface area contributed by atoms with Crippen LogP contribution in [0.3, 0.4) is 0 Å². The maximum absolute atomic E-state index is 12.2. The summed E-state index contributed by atoms with van der Waals surface area (Å²) in [6.45, 7) is 4.30. The molecular weight excluding hydrogens is 338 g/mol. The third kappa shape index (κ3) is 4.86. The second-order valence-corrected chi connectivity index (χ2v) is 6.59. The largest absolute Gasteiger partial charge is 0.481 e. The lowest BCUT2D eigenvalue weighted by Gasteiger charge is -2.17. The van der Waals surface area contributed by atoms with Gasteiger partial charge in [0.05, 0.1) is 0 Å². The Kier molecular flexibility index (Phi) is 5.76. The maximum Gasteiger partial charge on any atom is 0.261 e. The summed E-state index contributed by atoms with van der Waals surface area (Å²) < 4.78 is 5.61. The van der Waals surface area contributed by atoms with E-state index in [4.69, 9.17) is 16.3 Å². The van der Waals surface area contributed by atoms with Gasteiger partial charge in [0.1, 0.15) is 11.6 Å². The monoisotopic (exact) mass is 359 g/mol. The van der Waals surface area contributed by atoms with Crippen LogP contribution in [0.1, 0.15) is 25.3 Å². The third-order valence-corrected chi connectivity index (χ3v) is 4.45. The quantitative estimate of drug-likeness (QED) is 0.858. The standard InChI is InChI=1S/C19H22ClN3O2/c1-14(25-17-7-5-16(20)6-8-17)19(24)22-13-15-4-9-18(21-12-15)23-10-2-3-11-23/h4-9,12,14H,2-3,10-11,13H2,1H3,(H,22,24).